The van der Waals surface area contributed by atoms with Gasteiger partial charge in [-0.15, -0.1) is 4.73 Å². The predicted octanol–water partition coefficient (Wildman–Crippen LogP) is 2.71. The van der Waals surface area contributed by atoms with Crippen LogP contribution < -0.4 is 15.1 Å². The Balaban J connectivity index is 2.37. The first-order valence-corrected chi connectivity index (χ1v) is 7.31. The van der Waals surface area contributed by atoms with Crippen LogP contribution in [0, 0.1) is 0 Å². The molecule has 4 rings (SSSR count). The van der Waals surface area contributed by atoms with Gasteiger partial charge in [0.2, 0.25) is 0 Å². The van der Waals surface area contributed by atoms with Crippen LogP contribution in [0.25, 0.3) is 32.7 Å². The summed E-state index contributed by atoms with van der Waals surface area (Å²) in [6, 6.07) is 13.5. The van der Waals surface area contributed by atoms with E-state index in [0.29, 0.717) is 5.39 Å². The molecule has 116 valence electrons. The smallest absolute Gasteiger partial charge is 0.293 e. The van der Waals surface area contributed by atoms with Crippen LogP contribution in [0.4, 0.5) is 0 Å². The summed E-state index contributed by atoms with van der Waals surface area (Å²) in [7, 11) is 5.10. The number of pyridine rings is 1. The second-order valence-electron chi connectivity index (χ2n) is 5.46. The Morgan fingerprint density at radius 3 is 2.48 bits per heavy atom. The van der Waals surface area contributed by atoms with Crippen molar-refractivity contribution in [1.82, 2.24) is 9.30 Å². The number of hydrogen-bond donors (Lipinski definition) is 0. The minimum absolute atomic E-state index is 0.167. The minimum atomic E-state index is -0.167. The van der Waals surface area contributed by atoms with Gasteiger partial charge in [-0.25, -0.2) is 0 Å². The molecule has 0 aliphatic rings. The van der Waals surface area contributed by atoms with Gasteiger partial charge in [0.05, 0.1) is 23.5 Å². The van der Waals surface area contributed by atoms with Crippen molar-refractivity contribution in [2.75, 3.05) is 14.2 Å². The fourth-order valence-electron chi connectivity index (χ4n) is 3.33. The molecule has 2 aromatic carbocycles. The molecular formula is C18H16N2O3. The molecule has 0 unspecified atom stereocenters. The topological polar surface area (TPSA) is 45.4 Å². The SMILES string of the molecule is COc1ccc2c(c1)c1c(=O)n(OC)c3ccccc3c1n2C. The van der Waals surface area contributed by atoms with Crippen molar-refractivity contribution < 1.29 is 9.57 Å². The third kappa shape index (κ3) is 1.70. The van der Waals surface area contributed by atoms with E-state index >= 15 is 0 Å². The lowest BCUT2D eigenvalue weighted by molar-refractivity contribution is 0.170. The van der Waals surface area contributed by atoms with Crippen molar-refractivity contribution in [2.45, 2.75) is 0 Å². The largest absolute Gasteiger partial charge is 0.497 e. The summed E-state index contributed by atoms with van der Waals surface area (Å²) in [6.45, 7) is 0. The van der Waals surface area contributed by atoms with Crippen molar-refractivity contribution in [3.8, 4) is 5.75 Å². The average Bonchev–Trinajstić information content (AvgIpc) is 2.88. The van der Waals surface area contributed by atoms with Gasteiger partial charge in [0.1, 0.15) is 12.9 Å². The predicted molar refractivity (Wildman–Crippen MR) is 91.2 cm³/mol. The summed E-state index contributed by atoms with van der Waals surface area (Å²) in [4.78, 5) is 18.3. The van der Waals surface area contributed by atoms with Gasteiger partial charge in [-0.3, -0.25) is 4.79 Å². The van der Waals surface area contributed by atoms with Gasteiger partial charge in [0.15, 0.2) is 0 Å². The lowest BCUT2D eigenvalue weighted by Crippen LogP contribution is -2.25. The maximum absolute atomic E-state index is 13.0. The number of rotatable bonds is 2. The molecule has 0 atom stereocenters. The van der Waals surface area contributed by atoms with E-state index in [9.17, 15) is 4.79 Å². The highest BCUT2D eigenvalue weighted by atomic mass is 16.6. The number of methoxy groups -OCH3 is 1. The summed E-state index contributed by atoms with van der Waals surface area (Å²) in [6.07, 6.45) is 0. The number of aromatic nitrogens is 2. The van der Waals surface area contributed by atoms with Crippen LogP contribution in [-0.2, 0) is 7.05 Å². The Morgan fingerprint density at radius 1 is 0.957 bits per heavy atom. The summed E-state index contributed by atoms with van der Waals surface area (Å²) < 4.78 is 8.71. The van der Waals surface area contributed by atoms with E-state index in [4.69, 9.17) is 9.57 Å². The third-order valence-corrected chi connectivity index (χ3v) is 4.37. The fraction of sp³-hybridized carbons (Fsp3) is 0.167. The number of aryl methyl sites for hydroxylation is 1. The zero-order chi connectivity index (χ0) is 16.1. The van der Waals surface area contributed by atoms with E-state index in [0.717, 1.165) is 33.1 Å². The first-order chi connectivity index (χ1) is 11.2. The van der Waals surface area contributed by atoms with Crippen LogP contribution in [0.5, 0.6) is 5.75 Å². The Bertz CT molecular complexity index is 1120. The van der Waals surface area contributed by atoms with E-state index in [1.165, 1.54) is 11.8 Å². The van der Waals surface area contributed by atoms with Gasteiger partial charge < -0.3 is 14.1 Å². The standard InChI is InChI=1S/C18H16N2O3/c1-19-14-9-8-11(22-2)10-13(14)16-17(19)12-6-4-5-7-15(12)20(23-3)18(16)21/h4-10H,1-3H3. The van der Waals surface area contributed by atoms with Crippen LogP contribution in [0.2, 0.25) is 0 Å². The molecule has 0 spiro atoms. The molecule has 2 aromatic heterocycles. The lowest BCUT2D eigenvalue weighted by atomic mass is 10.1. The molecule has 0 aliphatic heterocycles. The van der Waals surface area contributed by atoms with E-state index in [1.807, 2.05) is 54.1 Å². The molecule has 23 heavy (non-hydrogen) atoms. The summed E-state index contributed by atoms with van der Waals surface area (Å²) in [5.74, 6) is 0.724. The summed E-state index contributed by atoms with van der Waals surface area (Å²) in [5.41, 5.74) is 2.48. The lowest BCUT2D eigenvalue weighted by Gasteiger charge is -2.10. The molecule has 5 heteroatoms. The maximum atomic E-state index is 13.0. The number of hydrogen-bond acceptors (Lipinski definition) is 3. The fourth-order valence-corrected chi connectivity index (χ4v) is 3.33. The highest BCUT2D eigenvalue weighted by molar-refractivity contribution is 6.16. The van der Waals surface area contributed by atoms with Crippen LogP contribution >= 0.6 is 0 Å². The van der Waals surface area contributed by atoms with Gasteiger partial charge in [-0.05, 0) is 24.3 Å². The van der Waals surface area contributed by atoms with Crippen molar-refractivity contribution in [1.29, 1.82) is 0 Å². The number of para-hydroxylation sites is 1. The second kappa shape index (κ2) is 4.78. The molecule has 0 saturated heterocycles. The average molecular weight is 308 g/mol. The normalized spacial score (nSPS) is 11.4. The van der Waals surface area contributed by atoms with E-state index in [2.05, 4.69) is 0 Å². The van der Waals surface area contributed by atoms with Gasteiger partial charge >= 0.3 is 0 Å². The second-order valence-corrected chi connectivity index (χ2v) is 5.46. The monoisotopic (exact) mass is 308 g/mol. The highest BCUT2D eigenvalue weighted by Crippen LogP contribution is 2.32. The van der Waals surface area contributed by atoms with Crippen molar-refractivity contribution in [3.05, 3.63) is 52.8 Å². The zero-order valence-corrected chi connectivity index (χ0v) is 13.2. The highest BCUT2D eigenvalue weighted by Gasteiger charge is 2.18. The van der Waals surface area contributed by atoms with Crippen molar-refractivity contribution in [2.24, 2.45) is 7.05 Å². The molecule has 0 saturated carbocycles. The first-order valence-electron chi connectivity index (χ1n) is 7.31. The van der Waals surface area contributed by atoms with Crippen LogP contribution in [0.1, 0.15) is 0 Å². The molecule has 4 aromatic rings. The van der Waals surface area contributed by atoms with Gasteiger partial charge in [-0.1, -0.05) is 18.2 Å². The van der Waals surface area contributed by atoms with Gasteiger partial charge in [0, 0.05) is 23.3 Å². The van der Waals surface area contributed by atoms with Crippen LogP contribution in [0.15, 0.2) is 47.3 Å². The van der Waals surface area contributed by atoms with Gasteiger partial charge in [-0.2, -0.15) is 0 Å². The van der Waals surface area contributed by atoms with E-state index in [-0.39, 0.29) is 5.56 Å². The maximum Gasteiger partial charge on any atom is 0.293 e. The third-order valence-electron chi connectivity index (χ3n) is 4.37. The van der Waals surface area contributed by atoms with E-state index < -0.39 is 0 Å². The van der Waals surface area contributed by atoms with E-state index in [1.54, 1.807) is 7.11 Å². The zero-order valence-electron chi connectivity index (χ0n) is 13.2. The molecule has 0 fully saturated rings. The minimum Gasteiger partial charge on any atom is -0.497 e. The summed E-state index contributed by atoms with van der Waals surface area (Å²) in [5, 5.41) is 2.48. The van der Waals surface area contributed by atoms with Crippen LogP contribution in [0.3, 0.4) is 0 Å². The molecule has 2 heterocycles. The molecule has 0 bridgehead atoms. The number of benzene rings is 2. The first kappa shape index (κ1) is 13.7. The number of fused-ring (bicyclic) bond motifs is 5. The molecular weight excluding hydrogens is 292 g/mol. The van der Waals surface area contributed by atoms with Crippen molar-refractivity contribution in [3.63, 3.8) is 0 Å². The molecule has 0 amide bonds. The Hall–Kier alpha value is -2.95. The molecule has 0 aliphatic carbocycles. The Kier molecular flexibility index (Phi) is 2.84. The quantitative estimate of drug-likeness (QED) is 0.572. The summed E-state index contributed by atoms with van der Waals surface area (Å²) >= 11 is 0. The molecule has 5 nitrogen and oxygen atoms in total. The Labute approximate surface area is 132 Å². The molecule has 0 N–H and O–H groups in total. The Morgan fingerprint density at radius 2 is 1.74 bits per heavy atom. The number of nitrogens with zero attached hydrogens (tertiary/aromatic N) is 2. The van der Waals surface area contributed by atoms with Crippen LogP contribution in [-0.4, -0.2) is 23.5 Å². The number of ether oxygens (including phenoxy) is 1. The van der Waals surface area contributed by atoms with Gasteiger partial charge in [0.25, 0.3) is 5.56 Å². The molecule has 0 radical (unpaired) electrons. The van der Waals surface area contributed by atoms with Crippen molar-refractivity contribution >= 4 is 32.7 Å².